The average Bonchev–Trinajstić information content (AvgIpc) is 2.28. The summed E-state index contributed by atoms with van der Waals surface area (Å²) in [4.78, 5) is 13.3. The Morgan fingerprint density at radius 2 is 2.22 bits per heavy atom. The normalized spacial score (nSPS) is 19.3. The van der Waals surface area contributed by atoms with E-state index in [-0.39, 0.29) is 42.5 Å². The van der Waals surface area contributed by atoms with Crippen molar-refractivity contribution < 1.29 is 41.9 Å². The predicted octanol–water partition coefficient (Wildman–Crippen LogP) is 3.29. The van der Waals surface area contributed by atoms with Crippen LogP contribution in [0.2, 0.25) is 5.02 Å². The van der Waals surface area contributed by atoms with Crippen LogP contribution in [0.1, 0.15) is 12.0 Å². The topological polar surface area (TPSA) is 20.3 Å². The molecule has 1 aliphatic rings. The Morgan fingerprint density at radius 3 is 2.83 bits per heavy atom. The second-order valence-electron chi connectivity index (χ2n) is 3.72. The average molecular weight is 453 g/mol. The Balaban J connectivity index is 0.00000162. The van der Waals surface area contributed by atoms with Crippen LogP contribution in [-0.2, 0) is 37.5 Å². The van der Waals surface area contributed by atoms with Crippen LogP contribution in [0.4, 0.5) is 4.39 Å². The molecule has 0 saturated carbocycles. The maximum Gasteiger partial charge on any atom is 0.235 e. The Morgan fingerprint density at radius 1 is 1.56 bits per heavy atom. The molecule has 0 bridgehead atoms. The molecule has 2 nitrogen and oxygen atoms in total. The van der Waals surface area contributed by atoms with E-state index in [4.69, 9.17) is 11.6 Å². The number of alkyl halides is 1. The molecule has 1 amide bonds. The van der Waals surface area contributed by atoms with Crippen LogP contribution >= 0.6 is 34.2 Å². The number of hydrogen-bond acceptors (Lipinski definition) is 1. The molecule has 0 spiro atoms. The van der Waals surface area contributed by atoms with Crippen LogP contribution in [0.3, 0.4) is 0 Å². The number of carbonyl (C=O) groups is 1. The van der Waals surface area contributed by atoms with Gasteiger partial charge in [0.1, 0.15) is 5.82 Å². The summed E-state index contributed by atoms with van der Waals surface area (Å²) in [5, 5.41) is 0.291. The number of allylic oxidation sites excluding steroid dienone is 1. The molecule has 6 heteroatoms. The first kappa shape index (κ1) is 16.5. The standard InChI is InChI=1S/C12H9ClFINO.Y/c1-16-11(5-4-10(15)12(16)17)8-3-2-7(14)6-9(8)13;/h2-3,6,10H,4H2,1H3;/q-1;. The van der Waals surface area contributed by atoms with Gasteiger partial charge in [-0.1, -0.05) is 29.0 Å². The molecule has 93 valence electrons. The fourth-order valence-corrected chi connectivity index (χ4v) is 2.56. The van der Waals surface area contributed by atoms with E-state index in [2.05, 4.69) is 28.7 Å². The van der Waals surface area contributed by atoms with E-state index in [9.17, 15) is 9.18 Å². The summed E-state index contributed by atoms with van der Waals surface area (Å²) in [6.07, 6.45) is 3.68. The van der Waals surface area contributed by atoms with Crippen molar-refractivity contribution in [3.63, 3.8) is 0 Å². The molecular weight excluding hydrogens is 444 g/mol. The van der Waals surface area contributed by atoms with Crippen molar-refractivity contribution in [2.24, 2.45) is 0 Å². The SMILES string of the molecule is CN1C(=O)C(I)C[C-]=C1c1ccc(F)cc1Cl.[Y]. The summed E-state index contributed by atoms with van der Waals surface area (Å²) in [6.45, 7) is 0. The zero-order chi connectivity index (χ0) is 12.6. The number of hydrogen-bond donors (Lipinski definition) is 0. The molecule has 0 N–H and O–H groups in total. The van der Waals surface area contributed by atoms with E-state index in [1.807, 2.05) is 0 Å². The third kappa shape index (κ3) is 3.32. The van der Waals surface area contributed by atoms with Gasteiger partial charge in [-0.25, -0.2) is 10.5 Å². The van der Waals surface area contributed by atoms with Gasteiger partial charge in [0.25, 0.3) is 0 Å². The van der Waals surface area contributed by atoms with Gasteiger partial charge in [0.2, 0.25) is 5.91 Å². The van der Waals surface area contributed by atoms with Crippen LogP contribution in [0.25, 0.3) is 5.70 Å². The molecule has 1 atom stereocenters. The van der Waals surface area contributed by atoms with Crippen LogP contribution in [0, 0.1) is 11.9 Å². The zero-order valence-electron chi connectivity index (χ0n) is 9.58. The molecule has 0 aromatic heterocycles. The molecule has 0 saturated heterocycles. The van der Waals surface area contributed by atoms with Gasteiger partial charge in [-0.05, 0) is 17.2 Å². The van der Waals surface area contributed by atoms with Crippen molar-refractivity contribution in [2.75, 3.05) is 7.05 Å². The minimum atomic E-state index is -0.393. The summed E-state index contributed by atoms with van der Waals surface area (Å²) >= 11 is 8.05. The van der Waals surface area contributed by atoms with Crippen molar-refractivity contribution >= 4 is 45.8 Å². The van der Waals surface area contributed by atoms with Crippen molar-refractivity contribution in [3.05, 3.63) is 40.7 Å². The number of benzene rings is 1. The molecule has 1 aliphatic heterocycles. The number of carbonyl (C=O) groups excluding carboxylic acids is 1. The van der Waals surface area contributed by atoms with E-state index in [1.54, 1.807) is 13.1 Å². The maximum atomic E-state index is 13.0. The number of amides is 1. The zero-order valence-corrected chi connectivity index (χ0v) is 15.3. The molecule has 1 aromatic carbocycles. The van der Waals surface area contributed by atoms with Gasteiger partial charge >= 0.3 is 0 Å². The van der Waals surface area contributed by atoms with Gasteiger partial charge in [-0.3, -0.25) is 4.79 Å². The molecule has 18 heavy (non-hydrogen) atoms. The second kappa shape index (κ2) is 6.77. The largest absolute Gasteiger partial charge is 0.350 e. The van der Waals surface area contributed by atoms with Gasteiger partial charge in [0.15, 0.2) is 0 Å². The minimum absolute atomic E-state index is 0. The Labute approximate surface area is 149 Å². The van der Waals surface area contributed by atoms with Gasteiger partial charge in [-0.2, -0.15) is 0 Å². The van der Waals surface area contributed by atoms with E-state index >= 15 is 0 Å². The van der Waals surface area contributed by atoms with Crippen LogP contribution in [0.5, 0.6) is 0 Å². The molecule has 1 aromatic rings. The van der Waals surface area contributed by atoms with Gasteiger partial charge < -0.3 is 4.90 Å². The number of nitrogens with zero attached hydrogens (tertiary/aromatic N) is 1. The minimum Gasteiger partial charge on any atom is -0.350 e. The van der Waals surface area contributed by atoms with Crippen LogP contribution < -0.4 is 0 Å². The second-order valence-corrected chi connectivity index (χ2v) is 5.63. The third-order valence-electron chi connectivity index (χ3n) is 2.57. The molecule has 1 radical (unpaired) electrons. The molecule has 1 unspecified atom stereocenters. The molecular formula is C12H9ClFINOY-. The summed E-state index contributed by atoms with van der Waals surface area (Å²) in [7, 11) is 1.68. The summed E-state index contributed by atoms with van der Waals surface area (Å²) in [5.74, 6) is -0.379. The summed E-state index contributed by atoms with van der Waals surface area (Å²) < 4.78 is 12.9. The van der Waals surface area contributed by atoms with E-state index < -0.39 is 5.82 Å². The van der Waals surface area contributed by atoms with Crippen molar-refractivity contribution in [1.82, 2.24) is 4.90 Å². The van der Waals surface area contributed by atoms with E-state index in [0.29, 0.717) is 22.7 Å². The smallest absolute Gasteiger partial charge is 0.235 e. The van der Waals surface area contributed by atoms with Crippen molar-refractivity contribution in [3.8, 4) is 0 Å². The predicted molar refractivity (Wildman–Crippen MR) is 73.3 cm³/mol. The van der Waals surface area contributed by atoms with Crippen molar-refractivity contribution in [1.29, 1.82) is 0 Å². The Hall–Kier alpha value is 0.484. The maximum absolute atomic E-state index is 13.0. The van der Waals surface area contributed by atoms with Gasteiger partial charge in [-0.15, -0.1) is 28.9 Å². The molecule has 2 rings (SSSR count). The van der Waals surface area contributed by atoms with Gasteiger partial charge in [0.05, 0.1) is 3.92 Å². The van der Waals surface area contributed by atoms with Crippen LogP contribution in [0.15, 0.2) is 18.2 Å². The fraction of sp³-hybridized carbons (Fsp3) is 0.250. The Kier molecular flexibility index (Phi) is 6.22. The number of rotatable bonds is 1. The monoisotopic (exact) mass is 453 g/mol. The third-order valence-corrected chi connectivity index (χ3v) is 3.85. The quantitative estimate of drug-likeness (QED) is 0.363. The first-order valence-electron chi connectivity index (χ1n) is 4.98. The molecule has 1 heterocycles. The first-order chi connectivity index (χ1) is 8.00. The van der Waals surface area contributed by atoms with Crippen molar-refractivity contribution in [2.45, 2.75) is 10.3 Å². The first-order valence-corrected chi connectivity index (χ1v) is 6.61. The van der Waals surface area contributed by atoms with Crippen LogP contribution in [-0.4, -0.2) is 21.8 Å². The Bertz CT molecular complexity index is 509. The molecule has 0 fully saturated rings. The molecule has 0 aliphatic carbocycles. The summed E-state index contributed by atoms with van der Waals surface area (Å²) in [5.41, 5.74) is 1.25. The fourth-order valence-electron chi connectivity index (χ4n) is 1.67. The van der Waals surface area contributed by atoms with E-state index in [1.165, 1.54) is 17.0 Å². The number of halogens is 3. The summed E-state index contributed by atoms with van der Waals surface area (Å²) in [6, 6.07) is 4.13. The van der Waals surface area contributed by atoms with E-state index in [0.717, 1.165) is 0 Å². The van der Waals surface area contributed by atoms with Gasteiger partial charge in [0, 0.05) is 39.8 Å².